The molecule has 59 valence electrons. The molecule has 0 amide bonds. The van der Waals surface area contributed by atoms with E-state index in [1.54, 1.807) is 6.92 Å². The maximum atomic E-state index is 9.23. The van der Waals surface area contributed by atoms with Crippen molar-refractivity contribution >= 4 is 12.6 Å². The Balaban J connectivity index is 3.25. The standard InChI is InChI=1S/C7H9N2OS/c1-3-5-6(10)8-4(2)9-7(5)11/h1,3H2,2H3,(H2,8,9,10,11). The normalized spacial score (nSPS) is 10.1. The molecule has 0 saturated carbocycles. The molecule has 1 heterocycles. The van der Waals surface area contributed by atoms with Crippen molar-refractivity contribution in [3.63, 3.8) is 0 Å². The molecule has 0 aliphatic heterocycles. The number of hydrogen-bond donors (Lipinski definition) is 2. The van der Waals surface area contributed by atoms with Crippen molar-refractivity contribution in [2.24, 2.45) is 0 Å². The van der Waals surface area contributed by atoms with Crippen LogP contribution in [0.25, 0.3) is 0 Å². The van der Waals surface area contributed by atoms with Gasteiger partial charge in [0.2, 0.25) is 5.88 Å². The molecular weight excluding hydrogens is 160 g/mol. The zero-order valence-electron chi connectivity index (χ0n) is 6.20. The Morgan fingerprint density at radius 3 is 2.64 bits per heavy atom. The molecule has 0 atom stereocenters. The average molecular weight is 169 g/mol. The van der Waals surface area contributed by atoms with Crippen LogP contribution in [-0.2, 0) is 6.42 Å². The van der Waals surface area contributed by atoms with Crippen molar-refractivity contribution in [2.45, 2.75) is 18.4 Å². The molecule has 1 aromatic rings. The second-order valence-corrected chi connectivity index (χ2v) is 2.57. The van der Waals surface area contributed by atoms with E-state index in [0.717, 1.165) is 0 Å². The minimum atomic E-state index is -0.0162. The smallest absolute Gasteiger partial charge is 0.218 e. The Bertz CT molecular complexity index is 252. The summed E-state index contributed by atoms with van der Waals surface area (Å²) in [6.45, 7) is 5.32. The Morgan fingerprint density at radius 1 is 1.55 bits per heavy atom. The van der Waals surface area contributed by atoms with Gasteiger partial charge in [0.15, 0.2) is 0 Å². The molecular formula is C7H9N2OS. The van der Waals surface area contributed by atoms with Gasteiger partial charge in [0.1, 0.15) is 10.9 Å². The molecule has 0 unspecified atom stereocenters. The molecule has 0 saturated heterocycles. The quantitative estimate of drug-likeness (QED) is 0.490. The summed E-state index contributed by atoms with van der Waals surface area (Å²) >= 11 is 4.07. The topological polar surface area (TPSA) is 46.0 Å². The van der Waals surface area contributed by atoms with Crippen molar-refractivity contribution < 1.29 is 5.11 Å². The molecule has 4 heteroatoms. The second-order valence-electron chi connectivity index (χ2n) is 2.15. The van der Waals surface area contributed by atoms with E-state index in [9.17, 15) is 5.11 Å². The lowest BCUT2D eigenvalue weighted by Crippen LogP contribution is -1.95. The highest BCUT2D eigenvalue weighted by Crippen LogP contribution is 2.20. The van der Waals surface area contributed by atoms with E-state index in [2.05, 4.69) is 29.5 Å². The minimum Gasteiger partial charge on any atom is -0.493 e. The van der Waals surface area contributed by atoms with Crippen molar-refractivity contribution in [3.8, 4) is 5.88 Å². The SMILES string of the molecule is [CH2]Cc1c(O)nc(C)nc1S. The van der Waals surface area contributed by atoms with Gasteiger partial charge in [0, 0.05) is 5.56 Å². The molecule has 1 rings (SSSR count). The van der Waals surface area contributed by atoms with Gasteiger partial charge in [-0.25, -0.2) is 4.98 Å². The lowest BCUT2D eigenvalue weighted by atomic mass is 10.2. The number of aromatic hydroxyl groups is 1. The summed E-state index contributed by atoms with van der Waals surface area (Å²) in [7, 11) is 0. The molecule has 11 heavy (non-hydrogen) atoms. The van der Waals surface area contributed by atoms with Crippen LogP contribution in [0.15, 0.2) is 5.03 Å². The molecule has 0 spiro atoms. The van der Waals surface area contributed by atoms with Gasteiger partial charge in [-0.2, -0.15) is 4.98 Å². The van der Waals surface area contributed by atoms with Gasteiger partial charge >= 0.3 is 0 Å². The number of hydrogen-bond acceptors (Lipinski definition) is 4. The zero-order valence-corrected chi connectivity index (χ0v) is 7.10. The maximum absolute atomic E-state index is 9.23. The number of nitrogens with zero attached hydrogens (tertiary/aromatic N) is 2. The van der Waals surface area contributed by atoms with Crippen LogP contribution in [0.3, 0.4) is 0 Å². The monoisotopic (exact) mass is 169 g/mol. The Kier molecular flexibility index (Phi) is 2.34. The lowest BCUT2D eigenvalue weighted by Gasteiger charge is -2.03. The van der Waals surface area contributed by atoms with Crippen LogP contribution in [0.4, 0.5) is 0 Å². The van der Waals surface area contributed by atoms with Gasteiger partial charge in [-0.3, -0.25) is 0 Å². The highest BCUT2D eigenvalue weighted by Gasteiger charge is 2.06. The molecule has 0 fully saturated rings. The molecule has 0 aliphatic carbocycles. The Hall–Kier alpha value is -0.770. The fourth-order valence-electron chi connectivity index (χ4n) is 0.790. The summed E-state index contributed by atoms with van der Waals surface area (Å²) in [5, 5.41) is 9.74. The Labute approximate surface area is 70.9 Å². The van der Waals surface area contributed by atoms with Gasteiger partial charge in [-0.15, -0.1) is 12.6 Å². The molecule has 0 aliphatic rings. The fourth-order valence-corrected chi connectivity index (χ4v) is 1.15. The summed E-state index contributed by atoms with van der Waals surface area (Å²) in [4.78, 5) is 7.72. The summed E-state index contributed by atoms with van der Waals surface area (Å²) < 4.78 is 0. The van der Waals surface area contributed by atoms with E-state index in [4.69, 9.17) is 0 Å². The highest BCUT2D eigenvalue weighted by atomic mass is 32.1. The predicted molar refractivity (Wildman–Crippen MR) is 44.7 cm³/mol. The zero-order chi connectivity index (χ0) is 8.43. The predicted octanol–water partition coefficient (Wildman–Crippen LogP) is 1.16. The van der Waals surface area contributed by atoms with Crippen LogP contribution in [0, 0.1) is 13.8 Å². The average Bonchev–Trinajstić information content (AvgIpc) is 1.85. The third kappa shape index (κ3) is 1.63. The molecule has 3 nitrogen and oxygen atoms in total. The number of thiol groups is 1. The number of rotatable bonds is 1. The maximum Gasteiger partial charge on any atom is 0.218 e. The lowest BCUT2D eigenvalue weighted by molar-refractivity contribution is 0.440. The summed E-state index contributed by atoms with van der Waals surface area (Å²) in [6, 6.07) is 0. The van der Waals surface area contributed by atoms with Gasteiger partial charge in [0.05, 0.1) is 0 Å². The van der Waals surface area contributed by atoms with E-state index in [0.29, 0.717) is 22.8 Å². The van der Waals surface area contributed by atoms with E-state index in [-0.39, 0.29) is 5.88 Å². The highest BCUT2D eigenvalue weighted by molar-refractivity contribution is 7.80. The number of aromatic nitrogens is 2. The first-order valence-electron chi connectivity index (χ1n) is 3.20. The van der Waals surface area contributed by atoms with Crippen LogP contribution in [0.1, 0.15) is 11.4 Å². The van der Waals surface area contributed by atoms with Crippen LogP contribution >= 0.6 is 12.6 Å². The van der Waals surface area contributed by atoms with Crippen molar-refractivity contribution in [3.05, 3.63) is 18.3 Å². The van der Waals surface area contributed by atoms with Crippen molar-refractivity contribution in [1.82, 2.24) is 9.97 Å². The first-order chi connectivity index (χ1) is 5.15. The minimum absolute atomic E-state index is 0.0162. The van der Waals surface area contributed by atoms with Gasteiger partial charge < -0.3 is 5.11 Å². The van der Waals surface area contributed by atoms with E-state index < -0.39 is 0 Å². The molecule has 0 bridgehead atoms. The first-order valence-corrected chi connectivity index (χ1v) is 3.64. The van der Waals surface area contributed by atoms with Gasteiger partial charge in [0.25, 0.3) is 0 Å². The van der Waals surface area contributed by atoms with Crippen LogP contribution in [-0.4, -0.2) is 15.1 Å². The molecule has 0 aromatic carbocycles. The van der Waals surface area contributed by atoms with Gasteiger partial charge in [-0.05, 0) is 20.3 Å². The first kappa shape index (κ1) is 8.33. The van der Waals surface area contributed by atoms with Crippen LogP contribution in [0.2, 0.25) is 0 Å². The van der Waals surface area contributed by atoms with Crippen LogP contribution in [0.5, 0.6) is 5.88 Å². The van der Waals surface area contributed by atoms with Crippen molar-refractivity contribution in [1.29, 1.82) is 0 Å². The van der Waals surface area contributed by atoms with Gasteiger partial charge in [-0.1, -0.05) is 0 Å². The second kappa shape index (κ2) is 3.09. The van der Waals surface area contributed by atoms with E-state index in [1.165, 1.54) is 0 Å². The van der Waals surface area contributed by atoms with E-state index >= 15 is 0 Å². The third-order valence-electron chi connectivity index (χ3n) is 1.33. The molecule has 1 N–H and O–H groups in total. The fraction of sp³-hybridized carbons (Fsp3) is 0.286. The van der Waals surface area contributed by atoms with Crippen LogP contribution < -0.4 is 0 Å². The Morgan fingerprint density at radius 2 is 2.18 bits per heavy atom. The summed E-state index contributed by atoms with van der Waals surface area (Å²) in [5.74, 6) is 0.502. The van der Waals surface area contributed by atoms with Crippen molar-refractivity contribution in [2.75, 3.05) is 0 Å². The summed E-state index contributed by atoms with van der Waals surface area (Å²) in [6.07, 6.45) is 0.449. The molecule has 1 radical (unpaired) electrons. The molecule has 1 aromatic heterocycles. The van der Waals surface area contributed by atoms with E-state index in [1.807, 2.05) is 0 Å². The summed E-state index contributed by atoms with van der Waals surface area (Å²) in [5.41, 5.74) is 0.596. The number of aryl methyl sites for hydroxylation is 1. The third-order valence-corrected chi connectivity index (χ3v) is 1.70. The largest absolute Gasteiger partial charge is 0.493 e.